The van der Waals surface area contributed by atoms with Gasteiger partial charge in [0.15, 0.2) is 11.0 Å². The summed E-state index contributed by atoms with van der Waals surface area (Å²) in [4.78, 5) is 22.3. The molecule has 0 aliphatic carbocycles. The van der Waals surface area contributed by atoms with Crippen molar-refractivity contribution in [2.75, 3.05) is 19.0 Å². The van der Waals surface area contributed by atoms with Gasteiger partial charge in [0.1, 0.15) is 5.75 Å². The quantitative estimate of drug-likeness (QED) is 0.468. The van der Waals surface area contributed by atoms with Crippen LogP contribution in [0, 0.1) is 0 Å². The molecule has 0 radical (unpaired) electrons. The van der Waals surface area contributed by atoms with Crippen LogP contribution in [0.3, 0.4) is 0 Å². The van der Waals surface area contributed by atoms with E-state index in [9.17, 15) is 4.79 Å². The molecule has 10 nitrogen and oxygen atoms in total. The maximum Gasteiger partial charge on any atom is 0.321 e. The normalized spacial score (nSPS) is 10.9. The minimum absolute atomic E-state index is 0.331. The first-order valence-corrected chi connectivity index (χ1v) is 10.2. The fourth-order valence-corrected chi connectivity index (χ4v) is 3.67. The predicted molar refractivity (Wildman–Crippen MR) is 114 cm³/mol. The van der Waals surface area contributed by atoms with Gasteiger partial charge in [0.05, 0.1) is 30.1 Å². The van der Waals surface area contributed by atoms with E-state index in [0.29, 0.717) is 29.8 Å². The number of carbonyl (C=O) groups excluding carboxylic acids is 1. The molecule has 4 aromatic rings. The smallest absolute Gasteiger partial charge is 0.321 e. The number of aryl methyl sites for hydroxylation is 1. The van der Waals surface area contributed by atoms with Crippen molar-refractivity contribution in [1.29, 1.82) is 0 Å². The highest BCUT2D eigenvalue weighted by atomic mass is 32.1. The van der Waals surface area contributed by atoms with Gasteiger partial charge in [-0.05, 0) is 29.0 Å². The third-order valence-electron chi connectivity index (χ3n) is 4.30. The molecule has 30 heavy (non-hydrogen) atoms. The summed E-state index contributed by atoms with van der Waals surface area (Å²) in [5.74, 6) is 1.38. The molecule has 0 spiro atoms. The lowest BCUT2D eigenvalue weighted by atomic mass is 10.1. The summed E-state index contributed by atoms with van der Waals surface area (Å²) >= 11 is 1.41. The van der Waals surface area contributed by atoms with Crippen LogP contribution in [0.25, 0.3) is 21.3 Å². The Morgan fingerprint density at radius 2 is 2.13 bits per heavy atom. The Balaban J connectivity index is 1.38. The number of urea groups is 1. The van der Waals surface area contributed by atoms with Crippen LogP contribution in [-0.2, 0) is 13.0 Å². The number of ether oxygens (including phenoxy) is 1. The monoisotopic (exact) mass is 424 g/mol. The summed E-state index contributed by atoms with van der Waals surface area (Å²) < 4.78 is 6.20. The largest absolute Gasteiger partial charge is 0.495 e. The topological polar surface area (TPSA) is 120 Å². The minimum Gasteiger partial charge on any atom is -0.495 e. The van der Waals surface area contributed by atoms with Crippen LogP contribution in [0.5, 0.6) is 5.75 Å². The molecule has 11 heteroatoms. The lowest BCUT2D eigenvalue weighted by molar-refractivity contribution is 0.251. The van der Waals surface area contributed by atoms with Crippen LogP contribution < -0.4 is 15.4 Å². The van der Waals surface area contributed by atoms with Crippen LogP contribution in [-0.4, -0.2) is 49.9 Å². The summed E-state index contributed by atoms with van der Waals surface area (Å²) in [7, 11) is 1.61. The Labute approximate surface area is 176 Å². The van der Waals surface area contributed by atoms with Crippen LogP contribution in [0.2, 0.25) is 0 Å². The molecule has 0 aliphatic rings. The molecular weight excluding hydrogens is 404 g/mol. The standard InChI is InChI=1S/C19H20N8O2S/c1-3-17-24-26-27(25-17)7-6-21-18(28)23-19-22-15-5-4-12(9-16(15)30-19)13-8-14(29-2)11-20-10-13/h4-5,8-11H,3,6-7H2,1-2H3,(H2,21,22,23,28). The lowest BCUT2D eigenvalue weighted by Crippen LogP contribution is -2.31. The van der Waals surface area contributed by atoms with Crippen molar-refractivity contribution in [3.05, 3.63) is 42.5 Å². The van der Waals surface area contributed by atoms with E-state index >= 15 is 0 Å². The molecule has 154 valence electrons. The van der Waals surface area contributed by atoms with Crippen LogP contribution in [0.1, 0.15) is 12.7 Å². The average Bonchev–Trinajstić information content (AvgIpc) is 3.39. The van der Waals surface area contributed by atoms with Gasteiger partial charge in [0.25, 0.3) is 0 Å². The van der Waals surface area contributed by atoms with E-state index in [-0.39, 0.29) is 6.03 Å². The zero-order chi connectivity index (χ0) is 20.9. The maximum absolute atomic E-state index is 12.2. The summed E-state index contributed by atoms with van der Waals surface area (Å²) in [6.07, 6.45) is 4.17. The van der Waals surface area contributed by atoms with E-state index < -0.39 is 0 Å². The van der Waals surface area contributed by atoms with Gasteiger partial charge in [0, 0.05) is 24.7 Å². The predicted octanol–water partition coefficient (Wildman–Crippen LogP) is 2.74. The molecule has 4 rings (SSSR count). The fraction of sp³-hybridized carbons (Fsp3) is 0.263. The van der Waals surface area contributed by atoms with E-state index in [4.69, 9.17) is 4.74 Å². The van der Waals surface area contributed by atoms with Gasteiger partial charge in [-0.2, -0.15) is 4.80 Å². The zero-order valence-corrected chi connectivity index (χ0v) is 17.3. The minimum atomic E-state index is -0.331. The zero-order valence-electron chi connectivity index (χ0n) is 16.5. The van der Waals surface area contributed by atoms with E-state index in [1.807, 2.05) is 31.2 Å². The molecule has 1 aromatic carbocycles. The van der Waals surface area contributed by atoms with Gasteiger partial charge in [-0.1, -0.05) is 24.3 Å². The number of rotatable bonds is 7. The summed E-state index contributed by atoms with van der Waals surface area (Å²) in [6.45, 7) is 2.78. The van der Waals surface area contributed by atoms with Crippen molar-refractivity contribution >= 4 is 32.7 Å². The number of aromatic nitrogens is 6. The number of pyridine rings is 1. The second kappa shape index (κ2) is 8.82. The van der Waals surface area contributed by atoms with Crippen molar-refractivity contribution in [1.82, 2.24) is 35.5 Å². The molecule has 0 atom stereocenters. The first-order valence-electron chi connectivity index (χ1n) is 9.36. The van der Waals surface area contributed by atoms with E-state index in [1.165, 1.54) is 16.1 Å². The van der Waals surface area contributed by atoms with E-state index in [0.717, 1.165) is 27.8 Å². The number of nitrogens with zero attached hydrogens (tertiary/aromatic N) is 6. The Morgan fingerprint density at radius 1 is 1.23 bits per heavy atom. The second-order valence-electron chi connectivity index (χ2n) is 6.35. The van der Waals surface area contributed by atoms with Crippen molar-refractivity contribution in [2.45, 2.75) is 19.9 Å². The van der Waals surface area contributed by atoms with Gasteiger partial charge in [0.2, 0.25) is 0 Å². The van der Waals surface area contributed by atoms with Gasteiger partial charge in [-0.25, -0.2) is 9.78 Å². The molecule has 0 saturated carbocycles. The van der Waals surface area contributed by atoms with Crippen LogP contribution in [0.15, 0.2) is 36.7 Å². The molecule has 0 fully saturated rings. The lowest BCUT2D eigenvalue weighted by Gasteiger charge is -2.04. The molecule has 0 aliphatic heterocycles. The Hall–Kier alpha value is -3.60. The van der Waals surface area contributed by atoms with Crippen molar-refractivity contribution in [2.24, 2.45) is 0 Å². The number of thiazole rings is 1. The number of amides is 2. The number of hydrogen-bond donors (Lipinski definition) is 2. The number of benzene rings is 1. The van der Waals surface area contributed by atoms with Gasteiger partial charge in [-0.15, -0.1) is 10.2 Å². The number of anilines is 1. The SMILES string of the molecule is CCc1nnn(CCNC(=O)Nc2nc3ccc(-c4cncc(OC)c4)cc3s2)n1. The Bertz CT molecular complexity index is 1170. The van der Waals surface area contributed by atoms with E-state index in [2.05, 4.69) is 36.0 Å². The van der Waals surface area contributed by atoms with Gasteiger partial charge in [-0.3, -0.25) is 10.3 Å². The average molecular weight is 424 g/mol. The highest BCUT2D eigenvalue weighted by Gasteiger charge is 2.10. The number of methoxy groups -OCH3 is 1. The highest BCUT2D eigenvalue weighted by Crippen LogP contribution is 2.31. The van der Waals surface area contributed by atoms with E-state index in [1.54, 1.807) is 19.5 Å². The molecule has 0 saturated heterocycles. The number of hydrogen-bond acceptors (Lipinski definition) is 8. The van der Waals surface area contributed by atoms with Crippen molar-refractivity contribution in [3.8, 4) is 16.9 Å². The number of fused-ring (bicyclic) bond motifs is 1. The fourth-order valence-electron chi connectivity index (χ4n) is 2.77. The molecule has 0 unspecified atom stereocenters. The maximum atomic E-state index is 12.2. The molecule has 3 heterocycles. The number of tetrazole rings is 1. The third kappa shape index (κ3) is 4.51. The second-order valence-corrected chi connectivity index (χ2v) is 7.38. The van der Waals surface area contributed by atoms with Gasteiger partial charge >= 0.3 is 6.03 Å². The van der Waals surface area contributed by atoms with Crippen LogP contribution in [0.4, 0.5) is 9.93 Å². The van der Waals surface area contributed by atoms with Gasteiger partial charge < -0.3 is 10.1 Å². The first-order chi connectivity index (χ1) is 14.6. The summed E-state index contributed by atoms with van der Waals surface area (Å²) in [5, 5.41) is 18.1. The molecule has 3 aromatic heterocycles. The molecule has 2 N–H and O–H groups in total. The third-order valence-corrected chi connectivity index (χ3v) is 5.23. The van der Waals surface area contributed by atoms with Crippen molar-refractivity contribution < 1.29 is 9.53 Å². The summed E-state index contributed by atoms with van der Waals surface area (Å²) in [5.41, 5.74) is 2.76. The summed E-state index contributed by atoms with van der Waals surface area (Å²) in [6, 6.07) is 7.51. The Morgan fingerprint density at radius 3 is 2.93 bits per heavy atom. The molecule has 2 amide bonds. The number of carbonyl (C=O) groups is 1. The Kier molecular flexibility index (Phi) is 5.80. The first kappa shape index (κ1) is 19.7. The molecular formula is C19H20N8O2S. The molecule has 0 bridgehead atoms. The number of nitrogens with one attached hydrogen (secondary N) is 2. The van der Waals surface area contributed by atoms with Crippen molar-refractivity contribution in [3.63, 3.8) is 0 Å². The van der Waals surface area contributed by atoms with Crippen LogP contribution >= 0.6 is 11.3 Å². The highest BCUT2D eigenvalue weighted by molar-refractivity contribution is 7.22.